The molecule has 0 bridgehead atoms. The molecule has 0 unspecified atom stereocenters. The van der Waals surface area contributed by atoms with Crippen molar-refractivity contribution in [1.29, 1.82) is 0 Å². The van der Waals surface area contributed by atoms with Crippen LogP contribution in [0.2, 0.25) is 0 Å². The fourth-order valence-electron chi connectivity index (χ4n) is 1.57. The van der Waals surface area contributed by atoms with Gasteiger partial charge in [0, 0.05) is 4.47 Å². The van der Waals surface area contributed by atoms with Crippen LogP contribution in [0, 0.1) is 13.0 Å². The molecule has 75 valence electrons. The average molecular weight is 260 g/mol. The van der Waals surface area contributed by atoms with Crippen LogP contribution >= 0.6 is 15.9 Å². The van der Waals surface area contributed by atoms with Crippen LogP contribution in [-0.2, 0) is 6.42 Å². The summed E-state index contributed by atoms with van der Waals surface area (Å²) in [5.41, 5.74) is 3.86. The Bertz CT molecular complexity index is 443. The topological polar surface area (TPSA) is 0 Å². The van der Waals surface area contributed by atoms with E-state index in [0.717, 1.165) is 10.9 Å². The van der Waals surface area contributed by atoms with Gasteiger partial charge in [0.2, 0.25) is 0 Å². The highest BCUT2D eigenvalue weighted by atomic mass is 79.9. The molecule has 0 aromatic heterocycles. The number of hydrogen-bond acceptors (Lipinski definition) is 0. The Morgan fingerprint density at radius 3 is 2.53 bits per heavy atom. The van der Waals surface area contributed by atoms with Gasteiger partial charge in [-0.05, 0) is 42.7 Å². The molecule has 0 amide bonds. The zero-order chi connectivity index (χ0) is 10.7. The lowest BCUT2D eigenvalue weighted by atomic mass is 10.0. The summed E-state index contributed by atoms with van der Waals surface area (Å²) < 4.78 is 1.12. The van der Waals surface area contributed by atoms with E-state index < -0.39 is 0 Å². The lowest BCUT2D eigenvalue weighted by Crippen LogP contribution is -1.88. The van der Waals surface area contributed by atoms with Crippen molar-refractivity contribution in [3.05, 3.63) is 69.7 Å². The number of rotatable bonds is 2. The number of aryl methyl sites for hydroxylation is 1. The molecular weight excluding hydrogens is 248 g/mol. The molecule has 0 atom stereocenters. The predicted molar refractivity (Wildman–Crippen MR) is 67.0 cm³/mol. The fraction of sp³-hybridized carbons (Fsp3) is 0.143. The summed E-state index contributed by atoms with van der Waals surface area (Å²) in [6.07, 6.45) is 0.953. The van der Waals surface area contributed by atoms with Crippen molar-refractivity contribution >= 4 is 15.9 Å². The van der Waals surface area contributed by atoms with Gasteiger partial charge < -0.3 is 0 Å². The summed E-state index contributed by atoms with van der Waals surface area (Å²) in [6.45, 7) is 2.11. The highest BCUT2D eigenvalue weighted by Crippen LogP contribution is 2.14. The molecule has 1 heteroatoms. The van der Waals surface area contributed by atoms with E-state index in [2.05, 4.69) is 65.3 Å². The van der Waals surface area contributed by atoms with Crippen molar-refractivity contribution < 1.29 is 0 Å². The van der Waals surface area contributed by atoms with E-state index in [9.17, 15) is 0 Å². The molecule has 0 heterocycles. The fourth-order valence-corrected chi connectivity index (χ4v) is 1.83. The van der Waals surface area contributed by atoms with Crippen molar-refractivity contribution in [3.63, 3.8) is 0 Å². The first kappa shape index (κ1) is 10.4. The summed E-state index contributed by atoms with van der Waals surface area (Å²) in [7, 11) is 0. The minimum Gasteiger partial charge on any atom is -0.0587 e. The van der Waals surface area contributed by atoms with E-state index >= 15 is 0 Å². The monoisotopic (exact) mass is 259 g/mol. The first-order valence-corrected chi connectivity index (χ1v) is 5.75. The minimum absolute atomic E-state index is 0.953. The van der Waals surface area contributed by atoms with Crippen LogP contribution in [-0.4, -0.2) is 0 Å². The van der Waals surface area contributed by atoms with E-state index in [1.54, 1.807) is 0 Å². The third kappa shape index (κ3) is 2.93. The molecule has 15 heavy (non-hydrogen) atoms. The molecule has 0 aliphatic carbocycles. The van der Waals surface area contributed by atoms with Crippen LogP contribution in [0.3, 0.4) is 0 Å². The molecule has 0 spiro atoms. The molecule has 2 aromatic carbocycles. The summed E-state index contributed by atoms with van der Waals surface area (Å²) >= 11 is 3.43. The Hall–Kier alpha value is -1.08. The van der Waals surface area contributed by atoms with Crippen molar-refractivity contribution in [2.24, 2.45) is 0 Å². The van der Waals surface area contributed by atoms with E-state index in [1.165, 1.54) is 16.7 Å². The summed E-state index contributed by atoms with van der Waals surface area (Å²) in [5.74, 6) is 0. The first-order chi connectivity index (χ1) is 7.24. The Morgan fingerprint density at radius 1 is 1.13 bits per heavy atom. The molecule has 0 nitrogen and oxygen atoms in total. The molecule has 0 N–H and O–H groups in total. The molecule has 0 fully saturated rings. The largest absolute Gasteiger partial charge is 0.0587 e. The quantitative estimate of drug-likeness (QED) is 0.761. The van der Waals surface area contributed by atoms with Gasteiger partial charge in [-0.1, -0.05) is 51.8 Å². The highest BCUT2D eigenvalue weighted by Gasteiger charge is 1.96. The maximum Gasteiger partial charge on any atom is 0.0175 e. The van der Waals surface area contributed by atoms with Crippen molar-refractivity contribution in [2.75, 3.05) is 0 Å². The van der Waals surface area contributed by atoms with Gasteiger partial charge in [-0.2, -0.15) is 0 Å². The molecular formula is C14H12Br. The van der Waals surface area contributed by atoms with Crippen LogP contribution in [0.25, 0.3) is 0 Å². The lowest BCUT2D eigenvalue weighted by Gasteiger charge is -2.02. The maximum absolute atomic E-state index is 3.43. The summed E-state index contributed by atoms with van der Waals surface area (Å²) in [5, 5.41) is 0. The highest BCUT2D eigenvalue weighted by molar-refractivity contribution is 9.10. The SMILES string of the molecule is Cc1cc[c]c(Cc2ccc(Br)cc2)c1. The third-order valence-electron chi connectivity index (χ3n) is 2.32. The van der Waals surface area contributed by atoms with E-state index in [4.69, 9.17) is 0 Å². The van der Waals surface area contributed by atoms with Gasteiger partial charge in [-0.25, -0.2) is 0 Å². The number of benzene rings is 2. The van der Waals surface area contributed by atoms with Gasteiger partial charge in [-0.15, -0.1) is 0 Å². The smallest absolute Gasteiger partial charge is 0.0175 e. The second-order valence-corrected chi connectivity index (χ2v) is 4.61. The Morgan fingerprint density at radius 2 is 1.87 bits per heavy atom. The van der Waals surface area contributed by atoms with E-state index in [1.807, 2.05) is 6.07 Å². The third-order valence-corrected chi connectivity index (χ3v) is 2.85. The minimum atomic E-state index is 0.953. The molecule has 2 rings (SSSR count). The molecule has 0 aliphatic heterocycles. The Kier molecular flexibility index (Phi) is 3.22. The molecule has 0 saturated heterocycles. The number of hydrogen-bond donors (Lipinski definition) is 0. The van der Waals surface area contributed by atoms with Crippen molar-refractivity contribution in [2.45, 2.75) is 13.3 Å². The summed E-state index contributed by atoms with van der Waals surface area (Å²) in [4.78, 5) is 0. The first-order valence-electron chi connectivity index (χ1n) is 4.96. The number of halogens is 1. The molecule has 0 saturated carbocycles. The van der Waals surface area contributed by atoms with Gasteiger partial charge in [0.15, 0.2) is 0 Å². The van der Waals surface area contributed by atoms with Gasteiger partial charge in [-0.3, -0.25) is 0 Å². The zero-order valence-corrected chi connectivity index (χ0v) is 10.2. The van der Waals surface area contributed by atoms with Gasteiger partial charge >= 0.3 is 0 Å². The standard InChI is InChI=1S/C14H12Br/c1-11-3-2-4-13(9-11)10-12-5-7-14(15)8-6-12/h2-3,5-9H,10H2,1H3. The van der Waals surface area contributed by atoms with E-state index in [-0.39, 0.29) is 0 Å². The zero-order valence-electron chi connectivity index (χ0n) is 8.63. The molecule has 1 radical (unpaired) electrons. The predicted octanol–water partition coefficient (Wildman–Crippen LogP) is 4.15. The second kappa shape index (κ2) is 4.63. The van der Waals surface area contributed by atoms with Gasteiger partial charge in [0.05, 0.1) is 0 Å². The van der Waals surface area contributed by atoms with Gasteiger partial charge in [0.25, 0.3) is 0 Å². The molecule has 2 aromatic rings. The lowest BCUT2D eigenvalue weighted by molar-refractivity contribution is 1.18. The summed E-state index contributed by atoms with van der Waals surface area (Å²) in [6, 6.07) is 17.9. The van der Waals surface area contributed by atoms with Crippen LogP contribution in [0.4, 0.5) is 0 Å². The normalized spacial score (nSPS) is 10.3. The van der Waals surface area contributed by atoms with Crippen LogP contribution in [0.5, 0.6) is 0 Å². The Labute approximate surface area is 99.1 Å². The van der Waals surface area contributed by atoms with E-state index in [0.29, 0.717) is 0 Å². The second-order valence-electron chi connectivity index (χ2n) is 3.69. The van der Waals surface area contributed by atoms with Crippen LogP contribution in [0.1, 0.15) is 16.7 Å². The van der Waals surface area contributed by atoms with Gasteiger partial charge in [0.1, 0.15) is 0 Å². The molecule has 0 aliphatic rings. The average Bonchev–Trinajstić information content (AvgIpc) is 2.22. The van der Waals surface area contributed by atoms with Crippen LogP contribution in [0.15, 0.2) is 46.9 Å². The van der Waals surface area contributed by atoms with Crippen LogP contribution < -0.4 is 0 Å². The maximum atomic E-state index is 3.43. The van der Waals surface area contributed by atoms with Crippen molar-refractivity contribution in [1.82, 2.24) is 0 Å². The van der Waals surface area contributed by atoms with Crippen molar-refractivity contribution in [3.8, 4) is 0 Å². The Balaban J connectivity index is 2.18.